The highest BCUT2D eigenvalue weighted by Crippen LogP contribution is 2.37. The first-order valence-electron chi connectivity index (χ1n) is 10.1. The monoisotopic (exact) mass is 340 g/mol. The molecule has 2 fully saturated rings. The smallest absolute Gasteiger partial charge is 0.257 e. The molecule has 0 spiro atoms. The molecule has 5 heteroatoms. The first-order chi connectivity index (χ1) is 12.3. The molecule has 1 atom stereocenters. The van der Waals surface area contributed by atoms with Crippen LogP contribution in [0.1, 0.15) is 62.7 Å². The van der Waals surface area contributed by atoms with Gasteiger partial charge in [-0.2, -0.15) is 5.10 Å². The van der Waals surface area contributed by atoms with E-state index in [2.05, 4.69) is 21.5 Å². The Hall–Kier alpha value is -1.62. The van der Waals surface area contributed by atoms with Crippen LogP contribution in [-0.2, 0) is 19.4 Å². The Kier molecular flexibility index (Phi) is 3.73. The highest BCUT2D eigenvalue weighted by atomic mass is 16.1. The third-order valence-electron chi connectivity index (χ3n) is 6.43. The SMILES string of the molecule is CCn1ncc2c3c(c(=O)n(C4CCCN4CC4CC4)c21)CCCC3. The number of pyridine rings is 1. The molecule has 1 unspecified atom stereocenters. The highest BCUT2D eigenvalue weighted by molar-refractivity contribution is 5.81. The van der Waals surface area contributed by atoms with E-state index in [-0.39, 0.29) is 11.7 Å². The van der Waals surface area contributed by atoms with Crippen LogP contribution in [0.15, 0.2) is 11.0 Å². The predicted molar refractivity (Wildman–Crippen MR) is 98.9 cm³/mol. The van der Waals surface area contributed by atoms with Gasteiger partial charge in [-0.15, -0.1) is 0 Å². The van der Waals surface area contributed by atoms with Crippen LogP contribution in [0.2, 0.25) is 0 Å². The topological polar surface area (TPSA) is 43.1 Å². The molecule has 5 rings (SSSR count). The normalized spacial score (nSPS) is 24.1. The summed E-state index contributed by atoms with van der Waals surface area (Å²) in [7, 11) is 0. The second-order valence-electron chi connectivity index (χ2n) is 8.10. The van der Waals surface area contributed by atoms with E-state index >= 15 is 0 Å². The van der Waals surface area contributed by atoms with Crippen LogP contribution < -0.4 is 5.56 Å². The van der Waals surface area contributed by atoms with Crippen molar-refractivity contribution >= 4 is 11.0 Å². The molecule has 3 heterocycles. The Morgan fingerprint density at radius 2 is 1.92 bits per heavy atom. The van der Waals surface area contributed by atoms with Crippen molar-refractivity contribution in [2.24, 2.45) is 5.92 Å². The Morgan fingerprint density at radius 3 is 2.68 bits per heavy atom. The lowest BCUT2D eigenvalue weighted by atomic mass is 9.91. The molecule has 3 aliphatic rings. The number of nitrogens with zero attached hydrogens (tertiary/aromatic N) is 4. The van der Waals surface area contributed by atoms with Gasteiger partial charge in [-0.25, -0.2) is 4.68 Å². The summed E-state index contributed by atoms with van der Waals surface area (Å²) < 4.78 is 4.17. The summed E-state index contributed by atoms with van der Waals surface area (Å²) in [5.41, 5.74) is 3.70. The van der Waals surface area contributed by atoms with Crippen LogP contribution in [0.3, 0.4) is 0 Å². The van der Waals surface area contributed by atoms with Crippen molar-refractivity contribution in [2.45, 2.75) is 71.0 Å². The zero-order valence-electron chi connectivity index (χ0n) is 15.2. The van der Waals surface area contributed by atoms with Gasteiger partial charge in [-0.05, 0) is 69.8 Å². The van der Waals surface area contributed by atoms with Crippen LogP contribution in [0.4, 0.5) is 0 Å². The number of fused-ring (bicyclic) bond motifs is 3. The molecule has 1 saturated heterocycles. The molecule has 5 nitrogen and oxygen atoms in total. The minimum atomic E-state index is 0.227. The lowest BCUT2D eigenvalue weighted by Gasteiger charge is -2.29. The third-order valence-corrected chi connectivity index (χ3v) is 6.43. The van der Waals surface area contributed by atoms with Crippen molar-refractivity contribution in [3.63, 3.8) is 0 Å². The second-order valence-corrected chi connectivity index (χ2v) is 8.10. The van der Waals surface area contributed by atoms with Gasteiger partial charge in [-0.1, -0.05) is 0 Å². The largest absolute Gasteiger partial charge is 0.283 e. The summed E-state index contributed by atoms with van der Waals surface area (Å²) in [6, 6.07) is 0. The molecule has 0 N–H and O–H groups in total. The quantitative estimate of drug-likeness (QED) is 0.859. The van der Waals surface area contributed by atoms with E-state index in [0.29, 0.717) is 0 Å². The average molecular weight is 340 g/mol. The van der Waals surface area contributed by atoms with E-state index in [4.69, 9.17) is 0 Å². The van der Waals surface area contributed by atoms with Crippen molar-refractivity contribution in [1.29, 1.82) is 0 Å². The van der Waals surface area contributed by atoms with E-state index < -0.39 is 0 Å². The van der Waals surface area contributed by atoms with Crippen LogP contribution in [0, 0.1) is 5.92 Å². The number of aromatic nitrogens is 3. The summed E-state index contributed by atoms with van der Waals surface area (Å²) in [5, 5.41) is 5.86. The van der Waals surface area contributed by atoms with Crippen molar-refractivity contribution in [3.05, 3.63) is 27.7 Å². The van der Waals surface area contributed by atoms with E-state index in [1.54, 1.807) is 0 Å². The van der Waals surface area contributed by atoms with Crippen LogP contribution in [0.5, 0.6) is 0 Å². The van der Waals surface area contributed by atoms with Gasteiger partial charge in [0.05, 0.1) is 12.4 Å². The van der Waals surface area contributed by atoms with Crippen molar-refractivity contribution in [2.75, 3.05) is 13.1 Å². The molecule has 0 aromatic carbocycles. The maximum atomic E-state index is 13.5. The number of hydrogen-bond acceptors (Lipinski definition) is 3. The molecule has 134 valence electrons. The first kappa shape index (κ1) is 15.6. The predicted octanol–water partition coefficient (Wildman–Crippen LogP) is 3.10. The van der Waals surface area contributed by atoms with Gasteiger partial charge in [-0.3, -0.25) is 14.3 Å². The molecule has 2 aromatic rings. The summed E-state index contributed by atoms with van der Waals surface area (Å²) in [6.45, 7) is 5.23. The lowest BCUT2D eigenvalue weighted by Crippen LogP contribution is -2.38. The number of aryl methyl sites for hydroxylation is 2. The van der Waals surface area contributed by atoms with Gasteiger partial charge < -0.3 is 0 Å². The number of hydrogen-bond donors (Lipinski definition) is 0. The Bertz CT molecular complexity index is 861. The molecule has 25 heavy (non-hydrogen) atoms. The van der Waals surface area contributed by atoms with Crippen LogP contribution in [0.25, 0.3) is 11.0 Å². The fourth-order valence-electron chi connectivity index (χ4n) is 4.98. The second kappa shape index (κ2) is 5.97. The fraction of sp³-hybridized carbons (Fsp3) is 0.700. The average Bonchev–Trinajstić information content (AvgIpc) is 3.17. The summed E-state index contributed by atoms with van der Waals surface area (Å²) in [6.07, 6.45) is 11.6. The summed E-state index contributed by atoms with van der Waals surface area (Å²) >= 11 is 0. The number of rotatable bonds is 4. The van der Waals surface area contributed by atoms with Gasteiger partial charge in [0, 0.05) is 30.6 Å². The Labute approximate surface area is 148 Å². The van der Waals surface area contributed by atoms with E-state index in [9.17, 15) is 4.79 Å². The summed E-state index contributed by atoms with van der Waals surface area (Å²) in [4.78, 5) is 16.1. The molecule has 0 bridgehead atoms. The van der Waals surface area contributed by atoms with Crippen LogP contribution in [-0.4, -0.2) is 32.3 Å². The van der Waals surface area contributed by atoms with Crippen LogP contribution >= 0.6 is 0 Å². The zero-order valence-corrected chi connectivity index (χ0v) is 15.2. The van der Waals surface area contributed by atoms with Gasteiger partial charge in [0.1, 0.15) is 5.65 Å². The maximum absolute atomic E-state index is 13.5. The first-order valence-corrected chi connectivity index (χ1v) is 10.1. The molecular formula is C20H28N4O. The zero-order chi connectivity index (χ0) is 17.0. The van der Waals surface area contributed by atoms with E-state index in [1.807, 2.05) is 10.9 Å². The standard InChI is InChI=1S/C20H28N4O/c1-2-23-19-17(12-21-23)15-6-3-4-7-16(15)20(25)24(19)18-8-5-11-22(18)13-14-9-10-14/h12,14,18H,2-11,13H2,1H3. The molecule has 2 aromatic heterocycles. The molecule has 0 amide bonds. The van der Waals surface area contributed by atoms with Gasteiger partial charge in [0.25, 0.3) is 5.56 Å². The lowest BCUT2D eigenvalue weighted by molar-refractivity contribution is 0.184. The van der Waals surface area contributed by atoms with E-state index in [1.165, 1.54) is 36.6 Å². The fourth-order valence-corrected chi connectivity index (χ4v) is 4.98. The van der Waals surface area contributed by atoms with Gasteiger partial charge in [0.2, 0.25) is 0 Å². The third kappa shape index (κ3) is 2.47. The minimum absolute atomic E-state index is 0.227. The maximum Gasteiger partial charge on any atom is 0.257 e. The molecule has 1 saturated carbocycles. The Balaban J connectivity index is 1.71. The van der Waals surface area contributed by atoms with Crippen molar-refractivity contribution in [3.8, 4) is 0 Å². The number of likely N-dealkylation sites (tertiary alicyclic amines) is 1. The summed E-state index contributed by atoms with van der Waals surface area (Å²) in [5.74, 6) is 0.862. The van der Waals surface area contributed by atoms with E-state index in [0.717, 1.165) is 62.4 Å². The molecular weight excluding hydrogens is 312 g/mol. The molecule has 0 radical (unpaired) electrons. The molecule has 2 aliphatic carbocycles. The van der Waals surface area contributed by atoms with Crippen molar-refractivity contribution < 1.29 is 0 Å². The van der Waals surface area contributed by atoms with Gasteiger partial charge >= 0.3 is 0 Å². The molecule has 1 aliphatic heterocycles. The van der Waals surface area contributed by atoms with Crippen molar-refractivity contribution in [1.82, 2.24) is 19.2 Å². The Morgan fingerprint density at radius 1 is 1.12 bits per heavy atom. The highest BCUT2D eigenvalue weighted by Gasteiger charge is 2.34. The minimum Gasteiger partial charge on any atom is -0.283 e. The van der Waals surface area contributed by atoms with Gasteiger partial charge in [0.15, 0.2) is 0 Å².